The molecule has 1 heterocycles. The van der Waals surface area contributed by atoms with Gasteiger partial charge in [0.2, 0.25) is 10.0 Å². The minimum Gasteiger partial charge on any atom is -0.496 e. The molecule has 176 valence electrons. The van der Waals surface area contributed by atoms with Gasteiger partial charge in [0.25, 0.3) is 5.91 Å². The number of morpholine rings is 1. The first kappa shape index (κ1) is 22.2. The van der Waals surface area contributed by atoms with E-state index in [9.17, 15) is 13.2 Å². The maximum atomic E-state index is 13.0. The van der Waals surface area contributed by atoms with Gasteiger partial charge in [-0.25, -0.2) is 8.42 Å². The van der Waals surface area contributed by atoms with Crippen LogP contribution in [0.25, 0.3) is 0 Å². The standard InChI is InChI=1S/C24H34N2O5S/c1-30-22-3-2-20(32(28,29)26-6-8-31-9-7-26)13-21(22)23(27)25-5-4-24-14-17-10-18(15-24)12-19(11-17)16-24/h2-3,13,17-19H,4-12,14-16H2,1H3,(H,25,27). The van der Waals surface area contributed by atoms with E-state index in [1.54, 1.807) is 6.07 Å². The van der Waals surface area contributed by atoms with Gasteiger partial charge in [-0.3, -0.25) is 4.79 Å². The van der Waals surface area contributed by atoms with Gasteiger partial charge in [-0.05, 0) is 86.3 Å². The topological polar surface area (TPSA) is 84.9 Å². The lowest BCUT2D eigenvalue weighted by molar-refractivity contribution is -0.0564. The highest BCUT2D eigenvalue weighted by Gasteiger charge is 2.50. The average Bonchev–Trinajstić information content (AvgIpc) is 2.78. The van der Waals surface area contributed by atoms with Crippen LogP contribution >= 0.6 is 0 Å². The smallest absolute Gasteiger partial charge is 0.255 e. The Balaban J connectivity index is 1.27. The molecule has 4 saturated carbocycles. The van der Waals surface area contributed by atoms with Crippen LogP contribution in [-0.2, 0) is 14.8 Å². The van der Waals surface area contributed by atoms with Crippen molar-refractivity contribution >= 4 is 15.9 Å². The Bertz CT molecular complexity index is 935. The summed E-state index contributed by atoms with van der Waals surface area (Å²) in [5, 5.41) is 3.06. The largest absolute Gasteiger partial charge is 0.496 e. The quantitative estimate of drug-likeness (QED) is 0.673. The Morgan fingerprint density at radius 2 is 1.75 bits per heavy atom. The second-order valence-corrected chi connectivity index (χ2v) is 12.2. The Morgan fingerprint density at radius 3 is 2.34 bits per heavy atom. The van der Waals surface area contributed by atoms with Crippen LogP contribution in [0.2, 0.25) is 0 Å². The van der Waals surface area contributed by atoms with Crippen LogP contribution in [0, 0.1) is 23.2 Å². The fraction of sp³-hybridized carbons (Fsp3) is 0.708. The predicted molar refractivity (Wildman–Crippen MR) is 120 cm³/mol. The van der Waals surface area contributed by atoms with Crippen molar-refractivity contribution in [1.82, 2.24) is 9.62 Å². The molecule has 1 aromatic carbocycles. The van der Waals surface area contributed by atoms with E-state index in [0.29, 0.717) is 44.0 Å². The van der Waals surface area contributed by atoms with Crippen LogP contribution in [0.15, 0.2) is 23.1 Å². The number of ether oxygens (including phenoxy) is 2. The number of sulfonamides is 1. The molecule has 0 aromatic heterocycles. The number of benzene rings is 1. The maximum Gasteiger partial charge on any atom is 0.255 e. The van der Waals surface area contributed by atoms with Crippen LogP contribution in [0.5, 0.6) is 5.75 Å². The third kappa shape index (κ3) is 4.17. The number of nitrogens with zero attached hydrogens (tertiary/aromatic N) is 1. The normalized spacial score (nSPS) is 32.1. The number of hydrogen-bond acceptors (Lipinski definition) is 5. The van der Waals surface area contributed by atoms with Crippen molar-refractivity contribution in [2.24, 2.45) is 23.2 Å². The number of carbonyl (C=O) groups is 1. The summed E-state index contributed by atoms with van der Waals surface area (Å²) in [7, 11) is -2.18. The van der Waals surface area contributed by atoms with Crippen molar-refractivity contribution in [3.05, 3.63) is 23.8 Å². The Kier molecular flexibility index (Phi) is 5.97. The Hall–Kier alpha value is -1.64. The van der Waals surface area contributed by atoms with Gasteiger partial charge in [-0.1, -0.05) is 0 Å². The summed E-state index contributed by atoms with van der Waals surface area (Å²) in [4.78, 5) is 13.2. The molecule has 6 rings (SSSR count). The van der Waals surface area contributed by atoms with Gasteiger partial charge in [-0.2, -0.15) is 4.31 Å². The van der Waals surface area contributed by atoms with Gasteiger partial charge < -0.3 is 14.8 Å². The molecule has 32 heavy (non-hydrogen) atoms. The van der Waals surface area contributed by atoms with Crippen LogP contribution in [0.1, 0.15) is 55.3 Å². The van der Waals surface area contributed by atoms with Crippen molar-refractivity contribution in [3.8, 4) is 5.75 Å². The minimum atomic E-state index is -3.68. The van der Waals surface area contributed by atoms with Crippen molar-refractivity contribution in [3.63, 3.8) is 0 Å². The molecule has 0 unspecified atom stereocenters. The molecule has 4 aliphatic carbocycles. The molecule has 1 saturated heterocycles. The summed E-state index contributed by atoms with van der Waals surface area (Å²) >= 11 is 0. The Labute approximate surface area is 190 Å². The van der Waals surface area contributed by atoms with Gasteiger partial charge in [0.05, 0.1) is 30.8 Å². The van der Waals surface area contributed by atoms with E-state index in [-0.39, 0.29) is 16.4 Å². The number of carbonyl (C=O) groups excluding carboxylic acids is 1. The van der Waals surface area contributed by atoms with Crippen LogP contribution < -0.4 is 10.1 Å². The highest BCUT2D eigenvalue weighted by atomic mass is 32.2. The highest BCUT2D eigenvalue weighted by molar-refractivity contribution is 7.89. The van der Waals surface area contributed by atoms with Crippen molar-refractivity contribution < 1.29 is 22.7 Å². The van der Waals surface area contributed by atoms with Crippen molar-refractivity contribution in [1.29, 1.82) is 0 Å². The number of rotatable bonds is 7. The SMILES string of the molecule is COc1ccc(S(=O)(=O)N2CCOCC2)cc1C(=O)NCCC12CC3CC(CC(C3)C1)C2. The number of nitrogens with one attached hydrogen (secondary N) is 1. The summed E-state index contributed by atoms with van der Waals surface area (Å²) in [6.07, 6.45) is 9.17. The van der Waals surface area contributed by atoms with Crippen LogP contribution in [0.3, 0.4) is 0 Å². The van der Waals surface area contributed by atoms with Crippen LogP contribution in [-0.4, -0.2) is 58.6 Å². The average molecular weight is 463 g/mol. The molecule has 0 radical (unpaired) electrons. The summed E-state index contributed by atoms with van der Waals surface area (Å²) in [5.74, 6) is 2.78. The van der Waals surface area contributed by atoms with Gasteiger partial charge in [-0.15, -0.1) is 0 Å². The number of methoxy groups -OCH3 is 1. The molecule has 8 heteroatoms. The van der Waals surface area contributed by atoms with E-state index in [0.717, 1.165) is 24.2 Å². The summed E-state index contributed by atoms with van der Waals surface area (Å²) in [5.41, 5.74) is 0.667. The zero-order valence-corrected chi connectivity index (χ0v) is 19.7. The first-order chi connectivity index (χ1) is 15.4. The monoisotopic (exact) mass is 462 g/mol. The van der Waals surface area contributed by atoms with E-state index in [1.165, 1.54) is 62.1 Å². The van der Waals surface area contributed by atoms with Gasteiger partial charge in [0.15, 0.2) is 0 Å². The molecule has 5 fully saturated rings. The first-order valence-corrected chi connectivity index (χ1v) is 13.4. The molecule has 0 spiro atoms. The minimum absolute atomic E-state index is 0.117. The third-order valence-electron chi connectivity index (χ3n) is 8.13. The molecule has 1 amide bonds. The summed E-state index contributed by atoms with van der Waals surface area (Å²) in [6.45, 7) is 2.02. The van der Waals surface area contributed by atoms with Gasteiger partial charge in [0, 0.05) is 19.6 Å². The van der Waals surface area contributed by atoms with E-state index in [4.69, 9.17) is 9.47 Å². The summed E-state index contributed by atoms with van der Waals surface area (Å²) in [6, 6.07) is 4.53. The molecule has 5 aliphatic rings. The van der Waals surface area contributed by atoms with Crippen molar-refractivity contribution in [2.45, 2.75) is 49.8 Å². The number of amides is 1. The second kappa shape index (κ2) is 8.61. The lowest BCUT2D eigenvalue weighted by Gasteiger charge is -2.57. The van der Waals surface area contributed by atoms with Gasteiger partial charge >= 0.3 is 0 Å². The highest BCUT2D eigenvalue weighted by Crippen LogP contribution is 2.61. The fourth-order valence-corrected chi connectivity index (χ4v) is 8.53. The fourth-order valence-electron chi connectivity index (χ4n) is 7.09. The van der Waals surface area contributed by atoms with Gasteiger partial charge in [0.1, 0.15) is 5.75 Å². The zero-order chi connectivity index (χ0) is 22.3. The van der Waals surface area contributed by atoms with Crippen LogP contribution in [0.4, 0.5) is 0 Å². The molecular weight excluding hydrogens is 428 g/mol. The first-order valence-electron chi connectivity index (χ1n) is 11.9. The van der Waals surface area contributed by atoms with E-state index in [2.05, 4.69) is 5.32 Å². The third-order valence-corrected chi connectivity index (χ3v) is 10.0. The predicted octanol–water partition coefficient (Wildman–Crippen LogP) is 3.05. The molecule has 1 aliphatic heterocycles. The van der Waals surface area contributed by atoms with E-state index >= 15 is 0 Å². The molecular formula is C24H34N2O5S. The van der Waals surface area contributed by atoms with E-state index in [1.807, 2.05) is 0 Å². The molecule has 1 N–H and O–H groups in total. The maximum absolute atomic E-state index is 13.0. The lowest BCUT2D eigenvalue weighted by Crippen LogP contribution is -2.47. The summed E-state index contributed by atoms with van der Waals surface area (Å²) < 4.78 is 38.1. The zero-order valence-electron chi connectivity index (χ0n) is 18.8. The molecule has 4 bridgehead atoms. The molecule has 7 nitrogen and oxygen atoms in total. The Morgan fingerprint density at radius 1 is 1.12 bits per heavy atom. The lowest BCUT2D eigenvalue weighted by atomic mass is 9.49. The molecule has 1 aromatic rings. The number of hydrogen-bond donors (Lipinski definition) is 1. The second-order valence-electron chi connectivity index (χ2n) is 10.3. The molecule has 0 atom stereocenters. The van der Waals surface area contributed by atoms with E-state index < -0.39 is 10.0 Å². The van der Waals surface area contributed by atoms with Crippen molar-refractivity contribution in [2.75, 3.05) is 40.0 Å².